The molecule has 0 bridgehead atoms. The van der Waals surface area contributed by atoms with Gasteiger partial charge >= 0.3 is 6.09 Å². The van der Waals surface area contributed by atoms with E-state index in [1.807, 2.05) is 25.7 Å². The van der Waals surface area contributed by atoms with Crippen molar-refractivity contribution in [3.63, 3.8) is 0 Å². The monoisotopic (exact) mass is 284 g/mol. The summed E-state index contributed by atoms with van der Waals surface area (Å²) < 4.78 is 5.46. The van der Waals surface area contributed by atoms with E-state index in [9.17, 15) is 9.90 Å². The fourth-order valence-electron chi connectivity index (χ4n) is 3.00. The number of rotatable bonds is 1. The normalized spacial score (nSPS) is 26.6. The van der Waals surface area contributed by atoms with Crippen molar-refractivity contribution >= 4 is 6.09 Å². The molecular weight excluding hydrogens is 256 g/mol. The van der Waals surface area contributed by atoms with Crippen LogP contribution in [0.15, 0.2) is 0 Å². The van der Waals surface area contributed by atoms with E-state index < -0.39 is 5.60 Å². The third-order valence-corrected chi connectivity index (χ3v) is 4.06. The van der Waals surface area contributed by atoms with Crippen LogP contribution in [0.1, 0.15) is 46.5 Å². The molecule has 0 aliphatic carbocycles. The van der Waals surface area contributed by atoms with Gasteiger partial charge < -0.3 is 14.7 Å². The molecule has 1 atom stereocenters. The van der Waals surface area contributed by atoms with E-state index in [4.69, 9.17) is 4.74 Å². The molecule has 1 amide bonds. The molecular formula is C15H28N2O3. The average molecular weight is 284 g/mol. The Morgan fingerprint density at radius 1 is 1.15 bits per heavy atom. The summed E-state index contributed by atoms with van der Waals surface area (Å²) in [4.78, 5) is 16.4. The van der Waals surface area contributed by atoms with E-state index >= 15 is 0 Å². The van der Waals surface area contributed by atoms with Crippen LogP contribution in [0.2, 0.25) is 0 Å². The van der Waals surface area contributed by atoms with Crippen molar-refractivity contribution in [3.05, 3.63) is 0 Å². The summed E-state index contributed by atoms with van der Waals surface area (Å²) >= 11 is 0. The van der Waals surface area contributed by atoms with Crippen molar-refractivity contribution in [3.8, 4) is 0 Å². The van der Waals surface area contributed by atoms with Crippen molar-refractivity contribution in [2.24, 2.45) is 0 Å². The zero-order valence-electron chi connectivity index (χ0n) is 13.0. The molecule has 0 saturated carbocycles. The number of hydrogen-bond donors (Lipinski definition) is 1. The first-order valence-corrected chi connectivity index (χ1v) is 7.75. The van der Waals surface area contributed by atoms with E-state index in [-0.39, 0.29) is 12.2 Å². The number of aliphatic hydroxyl groups is 1. The Kier molecular flexibility index (Phi) is 4.91. The average Bonchev–Trinajstić information content (AvgIpc) is 2.38. The first kappa shape index (κ1) is 15.6. The minimum Gasteiger partial charge on any atom is -0.444 e. The summed E-state index contributed by atoms with van der Waals surface area (Å²) in [5.41, 5.74) is -0.431. The zero-order valence-corrected chi connectivity index (χ0v) is 13.0. The number of piperidine rings is 2. The van der Waals surface area contributed by atoms with Gasteiger partial charge in [0.1, 0.15) is 5.60 Å². The summed E-state index contributed by atoms with van der Waals surface area (Å²) in [6.45, 7) is 9.13. The molecule has 0 spiro atoms. The molecule has 5 nitrogen and oxygen atoms in total. The highest BCUT2D eigenvalue weighted by atomic mass is 16.6. The smallest absolute Gasteiger partial charge is 0.410 e. The van der Waals surface area contributed by atoms with Gasteiger partial charge in [-0.2, -0.15) is 0 Å². The van der Waals surface area contributed by atoms with Gasteiger partial charge in [-0.25, -0.2) is 4.79 Å². The number of likely N-dealkylation sites (tertiary alicyclic amines) is 2. The van der Waals surface area contributed by atoms with Gasteiger partial charge in [-0.05, 0) is 46.5 Å². The van der Waals surface area contributed by atoms with Crippen LogP contribution in [0.3, 0.4) is 0 Å². The quantitative estimate of drug-likeness (QED) is 0.798. The maximum Gasteiger partial charge on any atom is 0.410 e. The molecule has 2 fully saturated rings. The van der Waals surface area contributed by atoms with Gasteiger partial charge in [0.05, 0.1) is 6.10 Å². The van der Waals surface area contributed by atoms with Crippen molar-refractivity contribution < 1.29 is 14.6 Å². The summed E-state index contributed by atoms with van der Waals surface area (Å²) in [5.74, 6) is 0. The van der Waals surface area contributed by atoms with Crippen LogP contribution in [0.5, 0.6) is 0 Å². The summed E-state index contributed by atoms with van der Waals surface area (Å²) in [7, 11) is 0. The number of carbonyl (C=O) groups excluding carboxylic acids is 1. The van der Waals surface area contributed by atoms with Crippen molar-refractivity contribution in [1.82, 2.24) is 9.80 Å². The molecule has 2 aliphatic heterocycles. The molecule has 1 N–H and O–H groups in total. The Morgan fingerprint density at radius 3 is 2.40 bits per heavy atom. The van der Waals surface area contributed by atoms with E-state index in [1.165, 1.54) is 0 Å². The maximum absolute atomic E-state index is 12.1. The highest BCUT2D eigenvalue weighted by Gasteiger charge is 2.31. The van der Waals surface area contributed by atoms with Gasteiger partial charge in [-0.1, -0.05) is 0 Å². The van der Waals surface area contributed by atoms with Crippen molar-refractivity contribution in [1.29, 1.82) is 0 Å². The molecule has 2 heterocycles. The van der Waals surface area contributed by atoms with Crippen LogP contribution >= 0.6 is 0 Å². The lowest BCUT2D eigenvalue weighted by Crippen LogP contribution is -2.53. The number of carbonyl (C=O) groups is 1. The molecule has 5 heteroatoms. The Morgan fingerprint density at radius 2 is 1.80 bits per heavy atom. The summed E-state index contributed by atoms with van der Waals surface area (Å²) in [5, 5.41) is 9.58. The topological polar surface area (TPSA) is 53.0 Å². The minimum absolute atomic E-state index is 0.142. The fraction of sp³-hybridized carbons (Fsp3) is 0.933. The Hall–Kier alpha value is -0.810. The molecule has 0 aromatic heterocycles. The van der Waals surface area contributed by atoms with Crippen molar-refractivity contribution in [2.75, 3.05) is 26.2 Å². The summed E-state index contributed by atoms with van der Waals surface area (Å²) in [6.07, 6.45) is 3.53. The highest BCUT2D eigenvalue weighted by Crippen LogP contribution is 2.22. The van der Waals surface area contributed by atoms with Gasteiger partial charge in [0.25, 0.3) is 0 Å². The molecule has 0 unspecified atom stereocenters. The lowest BCUT2D eigenvalue weighted by molar-refractivity contribution is 0.00142. The standard InChI is InChI=1S/C15H28N2O3/c1-15(2,3)20-14(19)17-8-4-5-12(11-17)16-9-6-13(18)7-10-16/h12-13,18H,4-11H2,1-3H3/t12-/m0/s1. The second kappa shape index (κ2) is 6.31. The second-order valence-corrected chi connectivity index (χ2v) is 6.99. The van der Waals surface area contributed by atoms with Crippen LogP contribution in [0.4, 0.5) is 4.79 Å². The number of nitrogens with zero attached hydrogens (tertiary/aromatic N) is 2. The van der Waals surface area contributed by atoms with Crippen LogP contribution in [0, 0.1) is 0 Å². The largest absolute Gasteiger partial charge is 0.444 e. The minimum atomic E-state index is -0.431. The predicted molar refractivity (Wildman–Crippen MR) is 77.6 cm³/mol. The van der Waals surface area contributed by atoms with Crippen LogP contribution in [-0.2, 0) is 4.74 Å². The number of hydrogen-bond acceptors (Lipinski definition) is 4. The van der Waals surface area contributed by atoms with E-state index in [0.29, 0.717) is 6.04 Å². The lowest BCUT2D eigenvalue weighted by atomic mass is 10.00. The van der Waals surface area contributed by atoms with Crippen molar-refractivity contribution in [2.45, 2.75) is 64.2 Å². The highest BCUT2D eigenvalue weighted by molar-refractivity contribution is 5.68. The molecule has 0 aromatic rings. The first-order chi connectivity index (χ1) is 9.35. The third-order valence-electron chi connectivity index (χ3n) is 4.06. The van der Waals surface area contributed by atoms with E-state index in [1.54, 1.807) is 0 Å². The molecule has 20 heavy (non-hydrogen) atoms. The number of aliphatic hydroxyl groups excluding tert-OH is 1. The first-order valence-electron chi connectivity index (χ1n) is 7.75. The Balaban J connectivity index is 1.86. The molecule has 0 aromatic carbocycles. The number of ether oxygens (including phenoxy) is 1. The van der Waals surface area contributed by atoms with Crippen LogP contribution in [-0.4, -0.2) is 64.9 Å². The Bertz CT molecular complexity index is 333. The third kappa shape index (κ3) is 4.35. The fourth-order valence-corrected chi connectivity index (χ4v) is 3.00. The van der Waals surface area contributed by atoms with Gasteiger partial charge in [0.2, 0.25) is 0 Å². The van der Waals surface area contributed by atoms with E-state index in [0.717, 1.165) is 51.9 Å². The lowest BCUT2D eigenvalue weighted by Gasteiger charge is -2.41. The van der Waals surface area contributed by atoms with Gasteiger partial charge in [-0.15, -0.1) is 0 Å². The van der Waals surface area contributed by atoms with Gasteiger partial charge in [-0.3, -0.25) is 4.90 Å². The van der Waals surface area contributed by atoms with Crippen LogP contribution < -0.4 is 0 Å². The Labute approximate surface area is 121 Å². The van der Waals surface area contributed by atoms with E-state index in [2.05, 4.69) is 4.90 Å². The molecule has 2 aliphatic rings. The SMILES string of the molecule is CC(C)(C)OC(=O)N1CCC[C@H](N2CCC(O)CC2)C1. The maximum atomic E-state index is 12.1. The second-order valence-electron chi connectivity index (χ2n) is 6.99. The molecule has 2 saturated heterocycles. The predicted octanol–water partition coefficient (Wildman–Crippen LogP) is 1.84. The molecule has 0 radical (unpaired) electrons. The summed E-state index contributed by atoms with van der Waals surface area (Å²) in [6, 6.07) is 0.420. The number of amides is 1. The molecule has 116 valence electrons. The van der Waals surface area contributed by atoms with Crippen LogP contribution in [0.25, 0.3) is 0 Å². The van der Waals surface area contributed by atoms with Gasteiger partial charge in [0.15, 0.2) is 0 Å². The van der Waals surface area contributed by atoms with Gasteiger partial charge in [0, 0.05) is 32.2 Å². The zero-order chi connectivity index (χ0) is 14.8. The molecule has 2 rings (SSSR count).